The third-order valence-electron chi connectivity index (χ3n) is 2.35. The van der Waals surface area contributed by atoms with Crippen LogP contribution in [-0.4, -0.2) is 42.1 Å². The molecule has 7 nitrogen and oxygen atoms in total. The highest BCUT2D eigenvalue weighted by atomic mass is 16.4. The summed E-state index contributed by atoms with van der Waals surface area (Å²) in [5, 5.41) is 16.3. The average molecular weight is 285 g/mol. The van der Waals surface area contributed by atoms with E-state index in [1.54, 1.807) is 0 Å². The van der Waals surface area contributed by atoms with Gasteiger partial charge in [-0.25, -0.2) is 9.59 Å². The zero-order valence-corrected chi connectivity index (χ0v) is 11.9. The van der Waals surface area contributed by atoms with Crippen LogP contribution in [0.25, 0.3) is 0 Å². The van der Waals surface area contributed by atoms with Crippen molar-refractivity contribution in [1.82, 2.24) is 16.0 Å². The number of urea groups is 1. The van der Waals surface area contributed by atoms with Crippen LogP contribution in [-0.2, 0) is 9.59 Å². The zero-order valence-electron chi connectivity index (χ0n) is 11.9. The largest absolute Gasteiger partial charge is 0.480 e. The van der Waals surface area contributed by atoms with Crippen molar-refractivity contribution >= 4 is 17.9 Å². The second-order valence-corrected chi connectivity index (χ2v) is 4.76. The van der Waals surface area contributed by atoms with E-state index >= 15 is 0 Å². The van der Waals surface area contributed by atoms with Crippen molar-refractivity contribution in [1.29, 1.82) is 0 Å². The highest BCUT2D eigenvalue weighted by molar-refractivity contribution is 5.83. The molecule has 0 saturated carbocycles. The van der Waals surface area contributed by atoms with Gasteiger partial charge in [0.1, 0.15) is 6.04 Å². The van der Waals surface area contributed by atoms with Crippen LogP contribution in [0.3, 0.4) is 0 Å². The maximum Gasteiger partial charge on any atom is 0.326 e. The van der Waals surface area contributed by atoms with E-state index in [0.29, 0.717) is 12.5 Å². The smallest absolute Gasteiger partial charge is 0.326 e. The SMILES string of the molecule is C=CCC(NC(=O)NCCC(=O)NCC(C)C)C(=O)O. The molecule has 0 saturated heterocycles. The van der Waals surface area contributed by atoms with Gasteiger partial charge in [-0.05, 0) is 12.3 Å². The van der Waals surface area contributed by atoms with Gasteiger partial charge in [0.25, 0.3) is 0 Å². The molecule has 0 heterocycles. The van der Waals surface area contributed by atoms with Crippen molar-refractivity contribution < 1.29 is 19.5 Å². The molecule has 114 valence electrons. The molecule has 0 aromatic carbocycles. The molecule has 1 atom stereocenters. The van der Waals surface area contributed by atoms with Gasteiger partial charge in [-0.2, -0.15) is 0 Å². The fourth-order valence-corrected chi connectivity index (χ4v) is 1.29. The van der Waals surface area contributed by atoms with Crippen LogP contribution in [0, 0.1) is 5.92 Å². The van der Waals surface area contributed by atoms with Crippen LogP contribution in [0.1, 0.15) is 26.7 Å². The van der Waals surface area contributed by atoms with E-state index in [0.717, 1.165) is 0 Å². The molecule has 0 radical (unpaired) electrons. The molecular formula is C13H23N3O4. The summed E-state index contributed by atoms with van der Waals surface area (Å²) in [7, 11) is 0. The predicted octanol–water partition coefficient (Wildman–Crippen LogP) is 0.477. The molecule has 0 fully saturated rings. The fourth-order valence-electron chi connectivity index (χ4n) is 1.29. The summed E-state index contributed by atoms with van der Waals surface area (Å²) in [5.41, 5.74) is 0. The minimum Gasteiger partial charge on any atom is -0.480 e. The Bertz CT molecular complexity index is 356. The number of amides is 3. The van der Waals surface area contributed by atoms with Crippen molar-refractivity contribution in [3.05, 3.63) is 12.7 Å². The van der Waals surface area contributed by atoms with E-state index in [9.17, 15) is 14.4 Å². The van der Waals surface area contributed by atoms with Gasteiger partial charge < -0.3 is 21.1 Å². The molecule has 4 N–H and O–H groups in total. The lowest BCUT2D eigenvalue weighted by Crippen LogP contribution is -2.46. The minimum atomic E-state index is -1.13. The molecule has 7 heteroatoms. The van der Waals surface area contributed by atoms with Gasteiger partial charge in [-0.1, -0.05) is 19.9 Å². The van der Waals surface area contributed by atoms with Gasteiger partial charge in [0, 0.05) is 19.5 Å². The second kappa shape index (κ2) is 9.82. The molecule has 0 aliphatic rings. The Kier molecular flexibility index (Phi) is 8.82. The van der Waals surface area contributed by atoms with E-state index < -0.39 is 18.0 Å². The number of nitrogens with one attached hydrogen (secondary N) is 3. The molecule has 20 heavy (non-hydrogen) atoms. The first-order chi connectivity index (χ1) is 9.36. The Morgan fingerprint density at radius 2 is 1.90 bits per heavy atom. The molecule has 0 aliphatic heterocycles. The van der Waals surface area contributed by atoms with Gasteiger partial charge in [-0.15, -0.1) is 6.58 Å². The minimum absolute atomic E-state index is 0.137. The van der Waals surface area contributed by atoms with Crippen LogP contribution in [0.5, 0.6) is 0 Å². The van der Waals surface area contributed by atoms with Crippen molar-refractivity contribution in [2.45, 2.75) is 32.7 Å². The van der Waals surface area contributed by atoms with Crippen LogP contribution < -0.4 is 16.0 Å². The van der Waals surface area contributed by atoms with Gasteiger partial charge in [0.2, 0.25) is 5.91 Å². The molecule has 1 unspecified atom stereocenters. The third-order valence-corrected chi connectivity index (χ3v) is 2.35. The summed E-state index contributed by atoms with van der Waals surface area (Å²) in [4.78, 5) is 33.6. The van der Waals surface area contributed by atoms with E-state index in [1.165, 1.54) is 6.08 Å². The van der Waals surface area contributed by atoms with E-state index in [2.05, 4.69) is 22.5 Å². The topological polar surface area (TPSA) is 108 Å². The number of carbonyl (C=O) groups is 3. The predicted molar refractivity (Wildman–Crippen MR) is 75.2 cm³/mol. The summed E-state index contributed by atoms with van der Waals surface area (Å²) < 4.78 is 0. The molecular weight excluding hydrogens is 262 g/mol. The van der Waals surface area contributed by atoms with E-state index in [1.807, 2.05) is 13.8 Å². The maximum absolute atomic E-state index is 11.4. The fraction of sp³-hybridized carbons (Fsp3) is 0.615. The molecule has 0 aliphatic carbocycles. The molecule has 0 aromatic heterocycles. The van der Waals surface area contributed by atoms with Crippen molar-refractivity contribution in [3.8, 4) is 0 Å². The van der Waals surface area contributed by atoms with Crippen LogP contribution in [0.15, 0.2) is 12.7 Å². The summed E-state index contributed by atoms with van der Waals surface area (Å²) in [6, 6.07) is -1.63. The van der Waals surface area contributed by atoms with Crippen LogP contribution >= 0.6 is 0 Å². The lowest BCUT2D eigenvalue weighted by molar-refractivity contribution is -0.139. The first-order valence-corrected chi connectivity index (χ1v) is 6.51. The Labute approximate surface area is 118 Å². The number of rotatable bonds is 9. The van der Waals surface area contributed by atoms with Gasteiger partial charge in [0.05, 0.1) is 0 Å². The van der Waals surface area contributed by atoms with Crippen molar-refractivity contribution in [3.63, 3.8) is 0 Å². The Balaban J connectivity index is 3.90. The van der Waals surface area contributed by atoms with Gasteiger partial charge in [0.15, 0.2) is 0 Å². The normalized spacial score (nSPS) is 11.6. The number of carboxylic acid groups (broad SMARTS) is 1. The Morgan fingerprint density at radius 3 is 2.40 bits per heavy atom. The average Bonchev–Trinajstić information content (AvgIpc) is 2.35. The van der Waals surface area contributed by atoms with Crippen LogP contribution in [0.4, 0.5) is 4.79 Å². The lowest BCUT2D eigenvalue weighted by atomic mass is 10.2. The summed E-state index contributed by atoms with van der Waals surface area (Å²) in [6.07, 6.45) is 1.70. The Morgan fingerprint density at radius 1 is 1.25 bits per heavy atom. The van der Waals surface area contributed by atoms with Gasteiger partial charge >= 0.3 is 12.0 Å². The summed E-state index contributed by atoms with van der Waals surface area (Å²) in [5.74, 6) is -0.917. The highest BCUT2D eigenvalue weighted by Crippen LogP contribution is 1.93. The standard InChI is InChI=1S/C13H23N3O4/c1-4-5-10(12(18)19)16-13(20)14-7-6-11(17)15-8-9(2)3/h4,9-10H,1,5-8H2,2-3H3,(H,15,17)(H,18,19)(H2,14,16,20). The molecule has 0 rings (SSSR count). The number of aliphatic carboxylic acids is 1. The monoisotopic (exact) mass is 285 g/mol. The molecule has 0 bridgehead atoms. The maximum atomic E-state index is 11.4. The summed E-state index contributed by atoms with van der Waals surface area (Å²) in [6.45, 7) is 8.13. The number of hydrogen-bond donors (Lipinski definition) is 4. The number of carboxylic acids is 1. The van der Waals surface area contributed by atoms with Crippen molar-refractivity contribution in [2.24, 2.45) is 5.92 Å². The quantitative estimate of drug-likeness (QED) is 0.462. The summed E-state index contributed by atoms with van der Waals surface area (Å²) >= 11 is 0. The number of hydrogen-bond acceptors (Lipinski definition) is 3. The number of carbonyl (C=O) groups excluding carboxylic acids is 2. The first-order valence-electron chi connectivity index (χ1n) is 6.51. The Hall–Kier alpha value is -2.05. The first kappa shape index (κ1) is 17.9. The highest BCUT2D eigenvalue weighted by Gasteiger charge is 2.17. The third kappa shape index (κ3) is 8.96. The van der Waals surface area contributed by atoms with Crippen LogP contribution in [0.2, 0.25) is 0 Å². The molecule has 0 spiro atoms. The van der Waals surface area contributed by atoms with E-state index in [4.69, 9.17) is 5.11 Å². The van der Waals surface area contributed by atoms with E-state index in [-0.39, 0.29) is 25.3 Å². The lowest BCUT2D eigenvalue weighted by Gasteiger charge is -2.13. The molecule has 3 amide bonds. The second-order valence-electron chi connectivity index (χ2n) is 4.76. The van der Waals surface area contributed by atoms with Crippen molar-refractivity contribution in [2.75, 3.05) is 13.1 Å². The zero-order chi connectivity index (χ0) is 15.5. The van der Waals surface area contributed by atoms with Gasteiger partial charge in [-0.3, -0.25) is 4.79 Å². The molecule has 0 aromatic rings.